The third-order valence-electron chi connectivity index (χ3n) is 4.13. The Morgan fingerprint density at radius 2 is 2.14 bits per heavy atom. The number of anilines is 1. The molecule has 0 radical (unpaired) electrons. The lowest BCUT2D eigenvalue weighted by Crippen LogP contribution is -2.63. The second kappa shape index (κ2) is 5.71. The highest BCUT2D eigenvalue weighted by atomic mass is 19.1. The molecule has 1 saturated carbocycles. The first-order valence-corrected chi connectivity index (χ1v) is 7.26. The molecular formula is C15H18FN3O2. The lowest BCUT2D eigenvalue weighted by molar-refractivity contribution is -0.126. The van der Waals surface area contributed by atoms with E-state index < -0.39 is 5.82 Å². The summed E-state index contributed by atoms with van der Waals surface area (Å²) in [5.41, 5.74) is 0.401. The summed E-state index contributed by atoms with van der Waals surface area (Å²) in [5, 5.41) is 5.63. The molecule has 2 N–H and O–H groups in total. The Labute approximate surface area is 122 Å². The first-order valence-electron chi connectivity index (χ1n) is 7.26. The van der Waals surface area contributed by atoms with Crippen LogP contribution in [-0.4, -0.2) is 35.5 Å². The molecule has 3 amide bonds. The van der Waals surface area contributed by atoms with Gasteiger partial charge in [-0.15, -0.1) is 0 Å². The smallest absolute Gasteiger partial charge is 0.322 e. The first-order chi connectivity index (χ1) is 10.1. The number of nitrogens with zero attached hydrogens (tertiary/aromatic N) is 1. The van der Waals surface area contributed by atoms with Crippen molar-refractivity contribution in [3.8, 4) is 0 Å². The van der Waals surface area contributed by atoms with Crippen molar-refractivity contribution in [3.05, 3.63) is 30.1 Å². The minimum atomic E-state index is -0.403. The quantitative estimate of drug-likeness (QED) is 0.832. The van der Waals surface area contributed by atoms with Gasteiger partial charge < -0.3 is 15.5 Å². The Balaban J connectivity index is 1.74. The molecular weight excluding hydrogens is 273 g/mol. The topological polar surface area (TPSA) is 61.4 Å². The fourth-order valence-corrected chi connectivity index (χ4v) is 3.16. The maximum atomic E-state index is 13.2. The van der Waals surface area contributed by atoms with E-state index in [1.165, 1.54) is 18.2 Å². The molecule has 2 fully saturated rings. The molecule has 112 valence electrons. The van der Waals surface area contributed by atoms with Crippen molar-refractivity contribution in [1.29, 1.82) is 0 Å². The third kappa shape index (κ3) is 2.99. The zero-order valence-electron chi connectivity index (χ0n) is 11.6. The van der Waals surface area contributed by atoms with Gasteiger partial charge in [-0.05, 0) is 31.0 Å². The molecule has 3 rings (SSSR count). The molecule has 0 bridgehead atoms. The maximum Gasteiger partial charge on any atom is 0.322 e. The number of amides is 3. The van der Waals surface area contributed by atoms with Gasteiger partial charge in [-0.3, -0.25) is 4.79 Å². The Morgan fingerprint density at radius 3 is 2.95 bits per heavy atom. The number of piperazine rings is 1. The van der Waals surface area contributed by atoms with E-state index in [0.717, 1.165) is 25.7 Å². The molecule has 21 heavy (non-hydrogen) atoms. The van der Waals surface area contributed by atoms with Crippen LogP contribution in [0.15, 0.2) is 24.3 Å². The third-order valence-corrected chi connectivity index (χ3v) is 4.13. The molecule has 1 aromatic rings. The summed E-state index contributed by atoms with van der Waals surface area (Å²) in [4.78, 5) is 25.7. The summed E-state index contributed by atoms with van der Waals surface area (Å²) < 4.78 is 13.2. The Morgan fingerprint density at radius 1 is 1.33 bits per heavy atom. The number of halogens is 1. The van der Waals surface area contributed by atoms with E-state index in [-0.39, 0.29) is 30.6 Å². The zero-order chi connectivity index (χ0) is 14.8. The summed E-state index contributed by atoms with van der Waals surface area (Å²) in [6.45, 7) is 0.0579. The largest absolute Gasteiger partial charge is 0.350 e. The summed E-state index contributed by atoms with van der Waals surface area (Å²) in [5.74, 6) is -0.535. The lowest BCUT2D eigenvalue weighted by Gasteiger charge is -2.43. The highest BCUT2D eigenvalue weighted by Gasteiger charge is 2.38. The van der Waals surface area contributed by atoms with Crippen LogP contribution in [0.2, 0.25) is 0 Å². The molecule has 0 spiro atoms. The monoisotopic (exact) mass is 291 g/mol. The van der Waals surface area contributed by atoms with E-state index in [1.54, 1.807) is 11.0 Å². The number of hydrogen-bond acceptors (Lipinski definition) is 2. The average Bonchev–Trinajstić information content (AvgIpc) is 2.46. The number of hydrogen-bond donors (Lipinski definition) is 2. The van der Waals surface area contributed by atoms with Crippen LogP contribution in [0.3, 0.4) is 0 Å². The highest BCUT2D eigenvalue weighted by Crippen LogP contribution is 2.26. The van der Waals surface area contributed by atoms with Crippen LogP contribution in [0.25, 0.3) is 0 Å². The standard InChI is InChI=1S/C15H18FN3O2/c16-10-4-3-5-11(8-10)17-15(21)19-9-14(20)18-12-6-1-2-7-13(12)19/h3-5,8,12-13H,1-2,6-7,9H2,(H,17,21)(H,18,20)/t12-,13-/m1/s1. The average molecular weight is 291 g/mol. The number of carbonyl (C=O) groups is 2. The maximum absolute atomic E-state index is 13.2. The van der Waals surface area contributed by atoms with Crippen molar-refractivity contribution >= 4 is 17.6 Å². The number of urea groups is 1. The van der Waals surface area contributed by atoms with Crippen LogP contribution in [0.1, 0.15) is 25.7 Å². The van der Waals surface area contributed by atoms with Gasteiger partial charge in [0.15, 0.2) is 0 Å². The van der Waals surface area contributed by atoms with Gasteiger partial charge in [-0.25, -0.2) is 9.18 Å². The van der Waals surface area contributed by atoms with E-state index in [2.05, 4.69) is 10.6 Å². The predicted octanol–water partition coefficient (Wildman–Crippen LogP) is 2.10. The van der Waals surface area contributed by atoms with Crippen molar-refractivity contribution in [2.75, 3.05) is 11.9 Å². The van der Waals surface area contributed by atoms with Gasteiger partial charge in [0.25, 0.3) is 0 Å². The van der Waals surface area contributed by atoms with E-state index in [4.69, 9.17) is 0 Å². The van der Waals surface area contributed by atoms with Crippen molar-refractivity contribution < 1.29 is 14.0 Å². The van der Waals surface area contributed by atoms with Gasteiger partial charge in [0, 0.05) is 11.7 Å². The van der Waals surface area contributed by atoms with E-state index in [9.17, 15) is 14.0 Å². The molecule has 1 saturated heterocycles. The van der Waals surface area contributed by atoms with Crippen LogP contribution >= 0.6 is 0 Å². The minimum absolute atomic E-state index is 0.0324. The fourth-order valence-electron chi connectivity index (χ4n) is 3.16. The van der Waals surface area contributed by atoms with Crippen molar-refractivity contribution in [3.63, 3.8) is 0 Å². The number of benzene rings is 1. The molecule has 0 unspecified atom stereocenters. The van der Waals surface area contributed by atoms with Crippen LogP contribution in [0.4, 0.5) is 14.9 Å². The van der Waals surface area contributed by atoms with Crippen LogP contribution in [-0.2, 0) is 4.79 Å². The first kappa shape index (κ1) is 13.9. The van der Waals surface area contributed by atoms with Crippen molar-refractivity contribution in [1.82, 2.24) is 10.2 Å². The summed E-state index contributed by atoms with van der Waals surface area (Å²) in [6.07, 6.45) is 3.92. The Hall–Kier alpha value is -2.11. The minimum Gasteiger partial charge on any atom is -0.350 e. The molecule has 6 heteroatoms. The number of fused-ring (bicyclic) bond motifs is 1. The van der Waals surface area contributed by atoms with Gasteiger partial charge >= 0.3 is 6.03 Å². The summed E-state index contributed by atoms with van der Waals surface area (Å²) in [6, 6.07) is 5.48. The number of carbonyl (C=O) groups excluding carboxylic acids is 2. The second-order valence-electron chi connectivity index (χ2n) is 5.59. The van der Waals surface area contributed by atoms with Crippen molar-refractivity contribution in [2.45, 2.75) is 37.8 Å². The van der Waals surface area contributed by atoms with Crippen LogP contribution < -0.4 is 10.6 Å². The number of rotatable bonds is 1. The SMILES string of the molecule is O=C1CN(C(=O)Nc2cccc(F)c2)[C@@H]2CCCC[C@H]2N1. The Bertz CT molecular complexity index is 564. The van der Waals surface area contributed by atoms with Gasteiger partial charge in [-0.2, -0.15) is 0 Å². The highest BCUT2D eigenvalue weighted by molar-refractivity contribution is 5.93. The number of nitrogens with one attached hydrogen (secondary N) is 2. The molecule has 1 aliphatic heterocycles. The van der Waals surface area contributed by atoms with E-state index >= 15 is 0 Å². The predicted molar refractivity (Wildman–Crippen MR) is 76.3 cm³/mol. The zero-order valence-corrected chi connectivity index (χ0v) is 11.6. The van der Waals surface area contributed by atoms with E-state index in [0.29, 0.717) is 5.69 Å². The molecule has 2 aliphatic rings. The van der Waals surface area contributed by atoms with Gasteiger partial charge in [0.1, 0.15) is 12.4 Å². The van der Waals surface area contributed by atoms with Crippen molar-refractivity contribution in [2.24, 2.45) is 0 Å². The fraction of sp³-hybridized carbons (Fsp3) is 0.467. The van der Waals surface area contributed by atoms with Crippen LogP contribution in [0.5, 0.6) is 0 Å². The molecule has 2 atom stereocenters. The summed E-state index contributed by atoms with van der Waals surface area (Å²) >= 11 is 0. The normalized spacial score (nSPS) is 25.0. The lowest BCUT2D eigenvalue weighted by atomic mass is 9.87. The van der Waals surface area contributed by atoms with Gasteiger partial charge in [0.2, 0.25) is 5.91 Å². The Kier molecular flexibility index (Phi) is 3.77. The van der Waals surface area contributed by atoms with Gasteiger partial charge in [0.05, 0.1) is 6.04 Å². The van der Waals surface area contributed by atoms with Crippen LogP contribution in [0, 0.1) is 5.82 Å². The van der Waals surface area contributed by atoms with Gasteiger partial charge in [-0.1, -0.05) is 18.9 Å². The molecule has 1 heterocycles. The molecule has 0 aromatic heterocycles. The molecule has 1 aliphatic carbocycles. The summed E-state index contributed by atoms with van der Waals surface area (Å²) in [7, 11) is 0. The van der Waals surface area contributed by atoms with E-state index in [1.807, 2.05) is 0 Å². The second-order valence-corrected chi connectivity index (χ2v) is 5.59. The molecule has 1 aromatic carbocycles. The molecule has 5 nitrogen and oxygen atoms in total.